The lowest BCUT2D eigenvalue weighted by molar-refractivity contribution is 0.0507. The van der Waals surface area contributed by atoms with Crippen LogP contribution in [0.15, 0.2) is 41.0 Å². The standard InChI is InChI=1S/C19H23NO4/c21-17-12-20(8-1-3-15-4-2-10-22-15)9-7-16(17)14-5-6-18-19(11-14)24-13-23-18/h2,4-6,10-11,16-17,21H,1,3,7-9,12-13H2/t16-,17+/m0/s1. The summed E-state index contributed by atoms with van der Waals surface area (Å²) in [5, 5.41) is 10.6. The molecule has 0 radical (unpaired) electrons. The number of hydrogen-bond donors (Lipinski definition) is 1. The molecule has 2 aromatic rings. The van der Waals surface area contributed by atoms with Crippen molar-refractivity contribution in [3.63, 3.8) is 0 Å². The van der Waals surface area contributed by atoms with Crippen LogP contribution in [0.2, 0.25) is 0 Å². The monoisotopic (exact) mass is 329 g/mol. The molecule has 2 atom stereocenters. The molecule has 5 heteroatoms. The van der Waals surface area contributed by atoms with Crippen LogP contribution in [0.1, 0.15) is 30.1 Å². The molecule has 0 spiro atoms. The predicted octanol–water partition coefficient (Wildman–Crippen LogP) is 2.79. The number of aliphatic hydroxyl groups is 1. The maximum atomic E-state index is 10.6. The van der Waals surface area contributed by atoms with E-state index in [1.165, 1.54) is 0 Å². The highest BCUT2D eigenvalue weighted by atomic mass is 16.7. The van der Waals surface area contributed by atoms with Crippen LogP contribution in [-0.4, -0.2) is 42.5 Å². The van der Waals surface area contributed by atoms with Crippen molar-refractivity contribution in [2.45, 2.75) is 31.3 Å². The zero-order valence-electron chi connectivity index (χ0n) is 13.7. The van der Waals surface area contributed by atoms with E-state index in [2.05, 4.69) is 4.90 Å². The third-order valence-electron chi connectivity index (χ3n) is 4.97. The van der Waals surface area contributed by atoms with Gasteiger partial charge >= 0.3 is 0 Å². The fraction of sp³-hybridized carbons (Fsp3) is 0.474. The van der Waals surface area contributed by atoms with E-state index < -0.39 is 0 Å². The minimum absolute atomic E-state index is 0.167. The molecule has 2 aliphatic heterocycles. The molecule has 5 nitrogen and oxygen atoms in total. The average molecular weight is 329 g/mol. The van der Waals surface area contributed by atoms with E-state index in [4.69, 9.17) is 13.9 Å². The van der Waals surface area contributed by atoms with Gasteiger partial charge in [-0.3, -0.25) is 0 Å². The summed E-state index contributed by atoms with van der Waals surface area (Å²) in [7, 11) is 0. The molecule has 0 aliphatic carbocycles. The highest BCUT2D eigenvalue weighted by molar-refractivity contribution is 5.45. The minimum Gasteiger partial charge on any atom is -0.469 e. The second-order valence-corrected chi connectivity index (χ2v) is 6.56. The lowest BCUT2D eigenvalue weighted by Crippen LogP contribution is -2.43. The molecule has 0 amide bonds. The molecule has 0 saturated carbocycles. The first kappa shape index (κ1) is 15.5. The van der Waals surface area contributed by atoms with E-state index in [1.54, 1.807) is 6.26 Å². The van der Waals surface area contributed by atoms with Gasteiger partial charge in [0, 0.05) is 18.9 Å². The third kappa shape index (κ3) is 3.28. The van der Waals surface area contributed by atoms with E-state index in [0.717, 1.165) is 61.7 Å². The Bertz CT molecular complexity index is 670. The Hall–Kier alpha value is -1.98. The number of fused-ring (bicyclic) bond motifs is 1. The highest BCUT2D eigenvalue weighted by Crippen LogP contribution is 2.37. The number of piperidine rings is 1. The fourth-order valence-electron chi connectivity index (χ4n) is 3.66. The van der Waals surface area contributed by atoms with Gasteiger partial charge in [-0.15, -0.1) is 0 Å². The van der Waals surface area contributed by atoms with Gasteiger partial charge in [-0.2, -0.15) is 0 Å². The number of likely N-dealkylation sites (tertiary alicyclic amines) is 1. The minimum atomic E-state index is -0.345. The first-order valence-corrected chi connectivity index (χ1v) is 8.62. The number of aryl methyl sites for hydroxylation is 1. The maximum absolute atomic E-state index is 10.6. The van der Waals surface area contributed by atoms with E-state index in [9.17, 15) is 5.11 Å². The number of nitrogens with zero attached hydrogens (tertiary/aromatic N) is 1. The van der Waals surface area contributed by atoms with Crippen LogP contribution >= 0.6 is 0 Å². The maximum Gasteiger partial charge on any atom is 0.231 e. The van der Waals surface area contributed by atoms with Gasteiger partial charge in [0.15, 0.2) is 11.5 Å². The molecule has 1 N–H and O–H groups in total. The van der Waals surface area contributed by atoms with Crippen molar-refractivity contribution < 1.29 is 19.0 Å². The summed E-state index contributed by atoms with van der Waals surface area (Å²) in [6.07, 6.45) is 4.33. The van der Waals surface area contributed by atoms with Crippen LogP contribution in [0.4, 0.5) is 0 Å². The number of β-amino-alcohol motifs (C(OH)–C–C–N with tert-alkyl or cyclic N) is 1. The van der Waals surface area contributed by atoms with Crippen molar-refractivity contribution in [3.8, 4) is 11.5 Å². The largest absolute Gasteiger partial charge is 0.469 e. The molecular formula is C19H23NO4. The Morgan fingerprint density at radius 2 is 2.08 bits per heavy atom. The predicted molar refractivity (Wildman–Crippen MR) is 89.4 cm³/mol. The summed E-state index contributed by atoms with van der Waals surface area (Å²) in [5.74, 6) is 2.79. The zero-order valence-corrected chi connectivity index (χ0v) is 13.7. The van der Waals surface area contributed by atoms with Gasteiger partial charge in [0.1, 0.15) is 5.76 Å². The van der Waals surface area contributed by atoms with Gasteiger partial charge in [-0.1, -0.05) is 6.07 Å². The van der Waals surface area contributed by atoms with Crippen molar-refractivity contribution in [2.24, 2.45) is 0 Å². The third-order valence-corrected chi connectivity index (χ3v) is 4.97. The second-order valence-electron chi connectivity index (χ2n) is 6.56. The molecule has 0 unspecified atom stereocenters. The van der Waals surface area contributed by atoms with Crippen molar-refractivity contribution in [1.82, 2.24) is 4.90 Å². The molecule has 24 heavy (non-hydrogen) atoms. The van der Waals surface area contributed by atoms with Crippen LogP contribution in [-0.2, 0) is 6.42 Å². The molecule has 2 aliphatic rings. The molecule has 4 rings (SSSR count). The number of ether oxygens (including phenoxy) is 2. The molecule has 0 bridgehead atoms. The number of aliphatic hydroxyl groups excluding tert-OH is 1. The second kappa shape index (κ2) is 6.87. The summed E-state index contributed by atoms with van der Waals surface area (Å²) in [6, 6.07) is 9.95. The van der Waals surface area contributed by atoms with E-state index in [-0.39, 0.29) is 18.8 Å². The molecule has 1 aromatic heterocycles. The molecule has 3 heterocycles. The molecule has 1 fully saturated rings. The van der Waals surface area contributed by atoms with Crippen LogP contribution in [0.3, 0.4) is 0 Å². The quantitative estimate of drug-likeness (QED) is 0.914. The highest BCUT2D eigenvalue weighted by Gasteiger charge is 2.29. The number of hydrogen-bond acceptors (Lipinski definition) is 5. The Morgan fingerprint density at radius 1 is 1.17 bits per heavy atom. The molecular weight excluding hydrogens is 306 g/mol. The smallest absolute Gasteiger partial charge is 0.231 e. The van der Waals surface area contributed by atoms with Crippen molar-refractivity contribution >= 4 is 0 Å². The van der Waals surface area contributed by atoms with Gasteiger partial charge in [0.25, 0.3) is 0 Å². The Morgan fingerprint density at radius 3 is 2.92 bits per heavy atom. The SMILES string of the molecule is O[C@@H]1CN(CCCc2ccco2)CC[C@H]1c1ccc2c(c1)OCO2. The van der Waals surface area contributed by atoms with E-state index >= 15 is 0 Å². The number of rotatable bonds is 5. The van der Waals surface area contributed by atoms with Gasteiger partial charge in [0.05, 0.1) is 12.4 Å². The lowest BCUT2D eigenvalue weighted by Gasteiger charge is -2.36. The first-order chi connectivity index (χ1) is 11.8. The van der Waals surface area contributed by atoms with Crippen molar-refractivity contribution in [2.75, 3.05) is 26.4 Å². The average Bonchev–Trinajstić information content (AvgIpc) is 3.25. The summed E-state index contributed by atoms with van der Waals surface area (Å²) in [5.41, 5.74) is 1.14. The van der Waals surface area contributed by atoms with Crippen LogP contribution in [0.25, 0.3) is 0 Å². The van der Waals surface area contributed by atoms with Crippen LogP contribution in [0.5, 0.6) is 11.5 Å². The summed E-state index contributed by atoms with van der Waals surface area (Å²) >= 11 is 0. The van der Waals surface area contributed by atoms with Gasteiger partial charge in [-0.25, -0.2) is 0 Å². The fourth-order valence-corrected chi connectivity index (χ4v) is 3.66. The summed E-state index contributed by atoms with van der Waals surface area (Å²) in [6.45, 7) is 3.01. The summed E-state index contributed by atoms with van der Waals surface area (Å²) in [4.78, 5) is 2.34. The van der Waals surface area contributed by atoms with Crippen molar-refractivity contribution in [1.29, 1.82) is 0 Å². The Labute approximate surface area is 141 Å². The van der Waals surface area contributed by atoms with E-state index in [0.29, 0.717) is 0 Å². The van der Waals surface area contributed by atoms with Gasteiger partial charge in [0.2, 0.25) is 6.79 Å². The Kier molecular flexibility index (Phi) is 4.45. The molecule has 1 aromatic carbocycles. The Balaban J connectivity index is 1.31. The number of benzene rings is 1. The normalized spacial score (nSPS) is 23.5. The first-order valence-electron chi connectivity index (χ1n) is 8.62. The summed E-state index contributed by atoms with van der Waals surface area (Å²) < 4.78 is 16.2. The van der Waals surface area contributed by atoms with Gasteiger partial charge < -0.3 is 23.9 Å². The van der Waals surface area contributed by atoms with E-state index in [1.807, 2.05) is 30.3 Å². The van der Waals surface area contributed by atoms with Crippen LogP contribution in [0, 0.1) is 0 Å². The van der Waals surface area contributed by atoms with Crippen LogP contribution < -0.4 is 9.47 Å². The zero-order chi connectivity index (χ0) is 16.4. The van der Waals surface area contributed by atoms with Gasteiger partial charge in [-0.05, 0) is 55.8 Å². The molecule has 128 valence electrons. The molecule has 1 saturated heterocycles. The topological polar surface area (TPSA) is 55.1 Å². The lowest BCUT2D eigenvalue weighted by atomic mass is 9.87. The van der Waals surface area contributed by atoms with Crippen molar-refractivity contribution in [3.05, 3.63) is 47.9 Å². The number of furan rings is 1.